The summed E-state index contributed by atoms with van der Waals surface area (Å²) in [6.45, 7) is 7.36. The summed E-state index contributed by atoms with van der Waals surface area (Å²) in [5.74, 6) is 0.0568. The molecule has 36 heavy (non-hydrogen) atoms. The summed E-state index contributed by atoms with van der Waals surface area (Å²) in [4.78, 5) is 30.9. The van der Waals surface area contributed by atoms with Crippen LogP contribution in [0, 0.1) is 0 Å². The fourth-order valence-corrected chi connectivity index (χ4v) is 4.70. The molecule has 0 spiro atoms. The number of aromatic nitrogens is 4. The fraction of sp³-hybridized carbons (Fsp3) is 0.154. The molecule has 1 atom stereocenters. The summed E-state index contributed by atoms with van der Waals surface area (Å²) >= 11 is 1.60. The van der Waals surface area contributed by atoms with Crippen molar-refractivity contribution in [1.29, 1.82) is 0 Å². The van der Waals surface area contributed by atoms with Gasteiger partial charge in [-0.05, 0) is 49.8 Å². The highest BCUT2D eigenvalue weighted by molar-refractivity contribution is 7.15. The van der Waals surface area contributed by atoms with E-state index in [0.717, 1.165) is 26.3 Å². The summed E-state index contributed by atoms with van der Waals surface area (Å²) in [5, 5.41) is 7.00. The van der Waals surface area contributed by atoms with Crippen molar-refractivity contribution >= 4 is 39.9 Å². The van der Waals surface area contributed by atoms with Crippen molar-refractivity contribution in [3.8, 4) is 10.4 Å². The quantitative estimate of drug-likeness (QED) is 0.228. The zero-order valence-corrected chi connectivity index (χ0v) is 20.7. The lowest BCUT2D eigenvalue weighted by Gasteiger charge is -2.17. The lowest BCUT2D eigenvalue weighted by Crippen LogP contribution is -2.34. The third kappa shape index (κ3) is 5.49. The number of H-pyrrole nitrogens is 1. The molecular weight excluding hydrogens is 477 g/mol. The number of hydrogen-bond acceptors (Lipinski definition) is 7. The van der Waals surface area contributed by atoms with Crippen LogP contribution >= 0.6 is 11.3 Å². The number of fused-ring (bicyclic) bond motifs is 1. The maximum absolute atomic E-state index is 13.0. The summed E-state index contributed by atoms with van der Waals surface area (Å²) < 4.78 is 13.0. The molecule has 8 nitrogen and oxygen atoms in total. The molecule has 4 heterocycles. The predicted octanol–water partition coefficient (Wildman–Crippen LogP) is 5.38. The average Bonchev–Trinajstić information content (AvgIpc) is 3.51. The Kier molecular flexibility index (Phi) is 7.55. The first kappa shape index (κ1) is 24.8. The zero-order valence-electron chi connectivity index (χ0n) is 19.9. The van der Waals surface area contributed by atoms with Crippen LogP contribution in [0.2, 0.25) is 0 Å². The Morgan fingerprint density at radius 2 is 2.11 bits per heavy atom. The minimum absolute atomic E-state index is 0.286. The Morgan fingerprint density at radius 1 is 1.28 bits per heavy atom. The summed E-state index contributed by atoms with van der Waals surface area (Å²) in [5.41, 5.74) is 8.87. The number of nitrogens with two attached hydrogens (primary N) is 1. The monoisotopic (exact) mass is 503 g/mol. The summed E-state index contributed by atoms with van der Waals surface area (Å²) in [7, 11) is 0. The van der Waals surface area contributed by atoms with Gasteiger partial charge in [-0.1, -0.05) is 18.7 Å². The molecule has 10 heteroatoms. The van der Waals surface area contributed by atoms with E-state index < -0.39 is 5.83 Å². The molecule has 4 aromatic heterocycles. The second-order valence-corrected chi connectivity index (χ2v) is 9.14. The highest BCUT2D eigenvalue weighted by Crippen LogP contribution is 2.35. The molecule has 0 fully saturated rings. The number of allylic oxidation sites excluding steroid dienone is 3. The minimum Gasteiger partial charge on any atom is -0.383 e. The molecule has 1 amide bonds. The van der Waals surface area contributed by atoms with Crippen LogP contribution in [0.4, 0.5) is 16.0 Å². The Morgan fingerprint density at radius 3 is 2.89 bits per heavy atom. The van der Waals surface area contributed by atoms with Crippen LogP contribution in [0.1, 0.15) is 29.1 Å². The van der Waals surface area contributed by atoms with Crippen molar-refractivity contribution in [1.82, 2.24) is 25.3 Å². The van der Waals surface area contributed by atoms with Gasteiger partial charge in [-0.3, -0.25) is 4.79 Å². The number of thiophene rings is 1. The third-order valence-electron chi connectivity index (χ3n) is 5.55. The van der Waals surface area contributed by atoms with Gasteiger partial charge in [0.1, 0.15) is 29.4 Å². The van der Waals surface area contributed by atoms with Gasteiger partial charge in [-0.15, -0.1) is 11.3 Å². The maximum Gasteiger partial charge on any atom is 0.255 e. The van der Waals surface area contributed by atoms with E-state index in [4.69, 9.17) is 5.73 Å². The van der Waals surface area contributed by atoms with E-state index in [2.05, 4.69) is 37.1 Å². The zero-order chi connectivity index (χ0) is 25.7. The Labute approximate surface area is 211 Å². The standard InChI is InChI=1S/C26H26FN7OS/c1-4-17(8-7-15(2)27)16(3)34-26(35)19-6-5-11-29-24(19)30-12-18-9-10-21(36-18)20-13-31-25-22(20)23(28)32-14-33-25/h4-11,13-14,16H,2,12H2,1,3H3,(H,29,30)(H,34,35)(H3,28,31,32,33)/b8-7-,17-4+/t16-/m0/s1. The maximum atomic E-state index is 13.0. The van der Waals surface area contributed by atoms with Crippen LogP contribution in [0.5, 0.6) is 0 Å². The lowest BCUT2D eigenvalue weighted by molar-refractivity contribution is 0.0946. The van der Waals surface area contributed by atoms with Gasteiger partial charge in [0.05, 0.1) is 23.5 Å². The van der Waals surface area contributed by atoms with Gasteiger partial charge >= 0.3 is 0 Å². The molecule has 0 aliphatic rings. The molecule has 0 aliphatic carbocycles. The number of nitrogen functional groups attached to an aromatic ring is 1. The number of aromatic amines is 1. The molecule has 0 unspecified atom stereocenters. The number of anilines is 2. The topological polar surface area (TPSA) is 122 Å². The number of halogens is 1. The average molecular weight is 504 g/mol. The van der Waals surface area contributed by atoms with Crippen LogP contribution in [-0.2, 0) is 6.54 Å². The van der Waals surface area contributed by atoms with Gasteiger partial charge in [-0.2, -0.15) is 0 Å². The number of carbonyl (C=O) groups is 1. The second kappa shape index (κ2) is 11.0. The van der Waals surface area contributed by atoms with E-state index in [1.165, 1.54) is 12.4 Å². The molecular formula is C26H26FN7OS. The summed E-state index contributed by atoms with van der Waals surface area (Å²) in [6.07, 6.45) is 9.61. The summed E-state index contributed by atoms with van der Waals surface area (Å²) in [6, 6.07) is 7.11. The molecule has 0 radical (unpaired) electrons. The molecule has 184 valence electrons. The number of rotatable bonds is 9. The lowest BCUT2D eigenvalue weighted by atomic mass is 10.1. The van der Waals surface area contributed by atoms with Crippen LogP contribution < -0.4 is 16.4 Å². The Hall–Kier alpha value is -4.31. The van der Waals surface area contributed by atoms with Crippen molar-refractivity contribution in [3.63, 3.8) is 0 Å². The number of hydrogen-bond donors (Lipinski definition) is 4. The Balaban J connectivity index is 1.46. The first-order valence-corrected chi connectivity index (χ1v) is 12.0. The van der Waals surface area contributed by atoms with Gasteiger partial charge < -0.3 is 21.4 Å². The number of amides is 1. The minimum atomic E-state index is -0.551. The first-order chi connectivity index (χ1) is 17.4. The third-order valence-corrected chi connectivity index (χ3v) is 6.66. The van der Waals surface area contributed by atoms with E-state index in [1.54, 1.807) is 35.7 Å². The van der Waals surface area contributed by atoms with E-state index >= 15 is 0 Å². The SMILES string of the molecule is C=C(F)/C=C\C(=C/C)[C@H](C)NC(=O)c1cccnc1NCc1ccc(-c2c[nH]c3ncnc(N)c23)s1. The van der Waals surface area contributed by atoms with Crippen LogP contribution in [0.15, 0.2) is 79.2 Å². The van der Waals surface area contributed by atoms with Gasteiger partial charge in [0.15, 0.2) is 0 Å². The van der Waals surface area contributed by atoms with Crippen molar-refractivity contribution in [2.24, 2.45) is 0 Å². The highest BCUT2D eigenvalue weighted by Gasteiger charge is 2.17. The predicted molar refractivity (Wildman–Crippen MR) is 143 cm³/mol. The molecule has 5 N–H and O–H groups in total. The van der Waals surface area contributed by atoms with Crippen molar-refractivity contribution in [2.75, 3.05) is 11.1 Å². The van der Waals surface area contributed by atoms with Crippen LogP contribution in [-0.4, -0.2) is 31.9 Å². The first-order valence-electron chi connectivity index (χ1n) is 11.2. The van der Waals surface area contributed by atoms with E-state index in [-0.39, 0.29) is 11.9 Å². The molecule has 4 aromatic rings. The number of nitrogens with zero attached hydrogens (tertiary/aromatic N) is 3. The fourth-order valence-electron chi connectivity index (χ4n) is 3.73. The van der Waals surface area contributed by atoms with Gasteiger partial charge in [0.2, 0.25) is 0 Å². The Bertz CT molecular complexity index is 1470. The largest absolute Gasteiger partial charge is 0.383 e. The molecule has 0 bridgehead atoms. The second-order valence-electron chi connectivity index (χ2n) is 7.97. The van der Waals surface area contributed by atoms with Crippen LogP contribution in [0.3, 0.4) is 0 Å². The van der Waals surface area contributed by atoms with Gasteiger partial charge in [-0.25, -0.2) is 19.3 Å². The van der Waals surface area contributed by atoms with E-state index in [1.807, 2.05) is 38.3 Å². The van der Waals surface area contributed by atoms with Crippen molar-refractivity contribution in [2.45, 2.75) is 26.4 Å². The molecule has 0 aromatic carbocycles. The molecule has 0 aliphatic heterocycles. The normalized spacial score (nSPS) is 12.7. The van der Waals surface area contributed by atoms with E-state index in [0.29, 0.717) is 29.4 Å². The highest BCUT2D eigenvalue weighted by atomic mass is 32.1. The van der Waals surface area contributed by atoms with Crippen LogP contribution in [0.25, 0.3) is 21.5 Å². The van der Waals surface area contributed by atoms with Crippen molar-refractivity contribution in [3.05, 3.63) is 89.6 Å². The van der Waals surface area contributed by atoms with Gasteiger partial charge in [0, 0.05) is 27.7 Å². The number of nitrogens with one attached hydrogen (secondary N) is 3. The number of carbonyl (C=O) groups excluding carboxylic acids is 1. The molecule has 0 saturated carbocycles. The molecule has 4 rings (SSSR count). The smallest absolute Gasteiger partial charge is 0.255 e. The van der Waals surface area contributed by atoms with Crippen molar-refractivity contribution < 1.29 is 9.18 Å². The molecule has 0 saturated heterocycles. The van der Waals surface area contributed by atoms with E-state index in [9.17, 15) is 9.18 Å². The van der Waals surface area contributed by atoms with Gasteiger partial charge in [0.25, 0.3) is 5.91 Å². The number of pyridine rings is 1.